The fourth-order valence-electron chi connectivity index (χ4n) is 2.55. The second-order valence-electron chi connectivity index (χ2n) is 5.90. The number of amides is 2. The van der Waals surface area contributed by atoms with E-state index in [4.69, 9.17) is 16.3 Å². The van der Waals surface area contributed by atoms with Gasteiger partial charge in [-0.15, -0.1) is 11.3 Å². The normalized spacial score (nSPS) is 15.2. The van der Waals surface area contributed by atoms with Gasteiger partial charge in [0.15, 0.2) is 0 Å². The minimum absolute atomic E-state index is 0.0634. The van der Waals surface area contributed by atoms with Crippen LogP contribution in [0.2, 0.25) is 5.02 Å². The van der Waals surface area contributed by atoms with Gasteiger partial charge in [-0.1, -0.05) is 23.7 Å². The fourth-order valence-corrected chi connectivity index (χ4v) is 5.69. The molecule has 1 aliphatic rings. The molecule has 8 nitrogen and oxygen atoms in total. The second-order valence-corrected chi connectivity index (χ2v) is 9.64. The number of thiophene rings is 1. The Balaban J connectivity index is 1.56. The van der Waals surface area contributed by atoms with Crippen LogP contribution in [-0.4, -0.2) is 50.8 Å². The number of halogens is 1. The Kier molecular flexibility index (Phi) is 6.68. The Morgan fingerprint density at radius 2 is 1.82 bits per heavy atom. The highest BCUT2D eigenvalue weighted by molar-refractivity contribution is 7.91. The standard InChI is InChI=1S/C17H18ClN3O5S2/c18-14-4-2-1-3-13(14)17(23)20-19-15(22)11-12-5-6-16(27-12)28(24,25)21-7-9-26-10-8-21/h1-6H,7-11H2,(H,19,22)(H,20,23). The summed E-state index contributed by atoms with van der Waals surface area (Å²) in [4.78, 5) is 24.7. The predicted octanol–water partition coefficient (Wildman–Crippen LogP) is 1.43. The van der Waals surface area contributed by atoms with E-state index in [0.29, 0.717) is 31.2 Å². The van der Waals surface area contributed by atoms with Crippen molar-refractivity contribution in [1.29, 1.82) is 0 Å². The molecule has 0 atom stereocenters. The Hall–Kier alpha value is -1.98. The Morgan fingerprint density at radius 1 is 1.11 bits per heavy atom. The monoisotopic (exact) mass is 443 g/mol. The predicted molar refractivity (Wildman–Crippen MR) is 105 cm³/mol. The smallest absolute Gasteiger partial charge is 0.271 e. The summed E-state index contributed by atoms with van der Waals surface area (Å²) < 4.78 is 31.9. The summed E-state index contributed by atoms with van der Waals surface area (Å²) in [7, 11) is -3.59. The molecule has 11 heteroatoms. The number of morpholine rings is 1. The molecule has 1 aromatic carbocycles. The molecule has 0 unspecified atom stereocenters. The van der Waals surface area contributed by atoms with Gasteiger partial charge in [0.1, 0.15) is 4.21 Å². The quantitative estimate of drug-likeness (QED) is 0.680. The average Bonchev–Trinajstić information content (AvgIpc) is 3.16. The topological polar surface area (TPSA) is 105 Å². The number of nitrogens with one attached hydrogen (secondary N) is 2. The molecular weight excluding hydrogens is 426 g/mol. The molecule has 1 saturated heterocycles. The van der Waals surface area contributed by atoms with Crippen molar-refractivity contribution in [2.24, 2.45) is 0 Å². The van der Waals surface area contributed by atoms with Crippen LogP contribution in [0.15, 0.2) is 40.6 Å². The molecular formula is C17H18ClN3O5S2. The Labute approximate surface area is 171 Å². The molecule has 2 N–H and O–H groups in total. The maximum Gasteiger partial charge on any atom is 0.271 e. The Bertz CT molecular complexity index is 971. The zero-order valence-corrected chi connectivity index (χ0v) is 17.1. The van der Waals surface area contributed by atoms with Crippen LogP contribution in [0.1, 0.15) is 15.2 Å². The van der Waals surface area contributed by atoms with Gasteiger partial charge in [-0.2, -0.15) is 4.31 Å². The molecule has 2 heterocycles. The van der Waals surface area contributed by atoms with E-state index in [1.165, 1.54) is 16.4 Å². The molecule has 0 spiro atoms. The van der Waals surface area contributed by atoms with Crippen molar-refractivity contribution in [3.63, 3.8) is 0 Å². The molecule has 28 heavy (non-hydrogen) atoms. The molecule has 3 rings (SSSR count). The van der Waals surface area contributed by atoms with Crippen molar-refractivity contribution in [1.82, 2.24) is 15.2 Å². The molecule has 0 saturated carbocycles. The highest BCUT2D eigenvalue weighted by atomic mass is 35.5. The molecule has 150 valence electrons. The summed E-state index contributed by atoms with van der Waals surface area (Å²) in [5.41, 5.74) is 4.83. The van der Waals surface area contributed by atoms with Gasteiger partial charge in [0.25, 0.3) is 15.9 Å². The first-order chi connectivity index (χ1) is 13.4. The number of rotatable bonds is 5. The highest BCUT2D eigenvalue weighted by Gasteiger charge is 2.28. The van der Waals surface area contributed by atoms with Gasteiger partial charge in [0.05, 0.1) is 30.2 Å². The average molecular weight is 444 g/mol. The van der Waals surface area contributed by atoms with E-state index < -0.39 is 21.8 Å². The molecule has 2 aromatic rings. The van der Waals surface area contributed by atoms with Crippen LogP contribution >= 0.6 is 22.9 Å². The van der Waals surface area contributed by atoms with Crippen LogP contribution in [0.5, 0.6) is 0 Å². The molecule has 0 radical (unpaired) electrons. The number of ether oxygens (including phenoxy) is 1. The third-order valence-electron chi connectivity index (χ3n) is 3.97. The van der Waals surface area contributed by atoms with E-state index in [9.17, 15) is 18.0 Å². The molecule has 2 amide bonds. The SMILES string of the molecule is O=C(Cc1ccc(S(=O)(=O)N2CCOCC2)s1)NNC(=O)c1ccccc1Cl. The van der Waals surface area contributed by atoms with Gasteiger partial charge in [-0.3, -0.25) is 20.4 Å². The van der Waals surface area contributed by atoms with Gasteiger partial charge in [0.2, 0.25) is 5.91 Å². The number of nitrogens with zero attached hydrogens (tertiary/aromatic N) is 1. The van der Waals surface area contributed by atoms with Gasteiger partial charge in [-0.05, 0) is 24.3 Å². The lowest BCUT2D eigenvalue weighted by Crippen LogP contribution is -2.42. The number of hydrazine groups is 1. The van der Waals surface area contributed by atoms with E-state index in [1.807, 2.05) is 0 Å². The first-order valence-electron chi connectivity index (χ1n) is 8.38. The maximum atomic E-state index is 12.6. The number of sulfonamides is 1. The highest BCUT2D eigenvalue weighted by Crippen LogP contribution is 2.25. The molecule has 0 bridgehead atoms. The minimum Gasteiger partial charge on any atom is -0.379 e. The van der Waals surface area contributed by atoms with Gasteiger partial charge < -0.3 is 4.74 Å². The third kappa shape index (κ3) is 4.89. The summed E-state index contributed by atoms with van der Waals surface area (Å²) >= 11 is 6.96. The van der Waals surface area contributed by atoms with Crippen molar-refractivity contribution < 1.29 is 22.7 Å². The minimum atomic E-state index is -3.59. The van der Waals surface area contributed by atoms with Crippen molar-refractivity contribution in [3.05, 3.63) is 51.9 Å². The maximum absolute atomic E-state index is 12.6. The molecule has 1 aromatic heterocycles. The van der Waals surface area contributed by atoms with E-state index in [1.54, 1.807) is 24.3 Å². The molecule has 0 aliphatic carbocycles. The summed E-state index contributed by atoms with van der Waals surface area (Å²) in [6, 6.07) is 9.53. The molecule has 1 aliphatic heterocycles. The first kappa shape index (κ1) is 20.7. The van der Waals surface area contributed by atoms with Crippen LogP contribution < -0.4 is 10.9 Å². The van der Waals surface area contributed by atoms with Crippen LogP contribution in [0.3, 0.4) is 0 Å². The van der Waals surface area contributed by atoms with E-state index >= 15 is 0 Å². The van der Waals surface area contributed by atoms with E-state index in [-0.39, 0.29) is 21.2 Å². The van der Waals surface area contributed by atoms with E-state index in [2.05, 4.69) is 10.9 Å². The van der Waals surface area contributed by atoms with Crippen LogP contribution in [0, 0.1) is 0 Å². The lowest BCUT2D eigenvalue weighted by Gasteiger charge is -2.25. The number of carbonyl (C=O) groups is 2. The van der Waals surface area contributed by atoms with Crippen LogP contribution in [-0.2, 0) is 26.0 Å². The number of carbonyl (C=O) groups excluding carboxylic acids is 2. The summed E-state index contributed by atoms with van der Waals surface area (Å²) in [5.74, 6) is -1.02. The van der Waals surface area contributed by atoms with Crippen LogP contribution in [0.25, 0.3) is 0 Å². The van der Waals surface area contributed by atoms with Crippen molar-refractivity contribution in [2.45, 2.75) is 10.6 Å². The van der Waals surface area contributed by atoms with Crippen LogP contribution in [0.4, 0.5) is 0 Å². The van der Waals surface area contributed by atoms with Gasteiger partial charge in [-0.25, -0.2) is 8.42 Å². The van der Waals surface area contributed by atoms with E-state index in [0.717, 1.165) is 11.3 Å². The number of benzene rings is 1. The van der Waals surface area contributed by atoms with Gasteiger partial charge >= 0.3 is 0 Å². The van der Waals surface area contributed by atoms with Crippen molar-refractivity contribution in [2.75, 3.05) is 26.3 Å². The number of hydrogen-bond acceptors (Lipinski definition) is 6. The third-order valence-corrected chi connectivity index (χ3v) is 7.75. The summed E-state index contributed by atoms with van der Waals surface area (Å²) in [6.45, 7) is 1.35. The largest absolute Gasteiger partial charge is 0.379 e. The first-order valence-corrected chi connectivity index (χ1v) is 11.0. The Morgan fingerprint density at radius 3 is 2.54 bits per heavy atom. The lowest BCUT2D eigenvalue weighted by atomic mass is 10.2. The fraction of sp³-hybridized carbons (Fsp3) is 0.294. The molecule has 1 fully saturated rings. The van der Waals surface area contributed by atoms with Gasteiger partial charge in [0, 0.05) is 18.0 Å². The second kappa shape index (κ2) is 9.01. The zero-order valence-electron chi connectivity index (χ0n) is 14.7. The van der Waals surface area contributed by atoms with Crippen molar-refractivity contribution >= 4 is 44.8 Å². The lowest BCUT2D eigenvalue weighted by molar-refractivity contribution is -0.121. The number of hydrogen-bond donors (Lipinski definition) is 2. The summed E-state index contributed by atoms with van der Waals surface area (Å²) in [6.07, 6.45) is -0.0634. The van der Waals surface area contributed by atoms with Crippen molar-refractivity contribution in [3.8, 4) is 0 Å². The summed E-state index contributed by atoms with van der Waals surface area (Å²) in [5, 5.41) is 0.269. The zero-order chi connectivity index (χ0) is 20.1.